The van der Waals surface area contributed by atoms with Gasteiger partial charge < -0.3 is 15.0 Å². The molecular formula is C29H28ClF3N4O2. The Balaban J connectivity index is 1.18. The van der Waals surface area contributed by atoms with Crippen LogP contribution in [0, 0.1) is 13.8 Å². The Morgan fingerprint density at radius 1 is 1.08 bits per heavy atom. The van der Waals surface area contributed by atoms with Crippen LogP contribution in [0.4, 0.5) is 18.9 Å². The molecule has 0 aliphatic carbocycles. The van der Waals surface area contributed by atoms with Gasteiger partial charge >= 0.3 is 6.36 Å². The molecule has 0 atom stereocenters. The number of hydrogen-bond acceptors (Lipinski definition) is 4. The largest absolute Gasteiger partial charge is 0.573 e. The highest BCUT2D eigenvalue weighted by atomic mass is 35.5. The van der Waals surface area contributed by atoms with Crippen LogP contribution >= 0.6 is 11.6 Å². The van der Waals surface area contributed by atoms with Crippen LogP contribution in [0.15, 0.2) is 60.8 Å². The van der Waals surface area contributed by atoms with E-state index in [9.17, 15) is 18.0 Å². The monoisotopic (exact) mass is 556 g/mol. The molecule has 204 valence electrons. The number of benzene rings is 2. The number of nitrogens with zero attached hydrogens (tertiary/aromatic N) is 3. The topological polar surface area (TPSA) is 58.9 Å². The number of anilines is 1. The van der Waals surface area contributed by atoms with Gasteiger partial charge in [0.2, 0.25) is 0 Å². The van der Waals surface area contributed by atoms with Crippen molar-refractivity contribution in [1.29, 1.82) is 0 Å². The Kier molecular flexibility index (Phi) is 7.44. The lowest BCUT2D eigenvalue weighted by atomic mass is 9.89. The van der Waals surface area contributed by atoms with Crippen molar-refractivity contribution >= 4 is 28.8 Å². The lowest BCUT2D eigenvalue weighted by Crippen LogP contribution is -2.33. The van der Waals surface area contributed by atoms with Crippen molar-refractivity contribution in [3.05, 3.63) is 93.9 Å². The van der Waals surface area contributed by atoms with E-state index < -0.39 is 6.36 Å². The second kappa shape index (κ2) is 10.8. The summed E-state index contributed by atoms with van der Waals surface area (Å²) in [6, 6.07) is 15.8. The Morgan fingerprint density at radius 2 is 1.79 bits per heavy atom. The van der Waals surface area contributed by atoms with Crippen LogP contribution in [0.25, 0.3) is 5.65 Å². The minimum Gasteiger partial charge on any atom is -0.406 e. The van der Waals surface area contributed by atoms with E-state index in [0.717, 1.165) is 54.0 Å². The number of aromatic nitrogens is 2. The van der Waals surface area contributed by atoms with E-state index in [1.165, 1.54) is 12.1 Å². The first-order valence-electron chi connectivity index (χ1n) is 12.7. The maximum absolute atomic E-state index is 13.0. The average molecular weight is 557 g/mol. The van der Waals surface area contributed by atoms with E-state index in [-0.39, 0.29) is 17.6 Å². The number of carbonyl (C=O) groups excluding carboxylic acids is 1. The molecule has 39 heavy (non-hydrogen) atoms. The van der Waals surface area contributed by atoms with Crippen molar-refractivity contribution in [1.82, 2.24) is 14.7 Å². The van der Waals surface area contributed by atoms with Crippen LogP contribution in [0.3, 0.4) is 0 Å². The number of hydrogen-bond donors (Lipinski definition) is 1. The van der Waals surface area contributed by atoms with Crippen LogP contribution in [-0.4, -0.2) is 34.7 Å². The molecule has 10 heteroatoms. The highest BCUT2D eigenvalue weighted by Crippen LogP contribution is 2.35. The molecule has 1 aliphatic heterocycles. The lowest BCUT2D eigenvalue weighted by Gasteiger charge is -2.34. The number of imidazole rings is 1. The van der Waals surface area contributed by atoms with Gasteiger partial charge in [0, 0.05) is 25.8 Å². The van der Waals surface area contributed by atoms with Gasteiger partial charge in [-0.3, -0.25) is 9.20 Å². The van der Waals surface area contributed by atoms with Gasteiger partial charge in [0.1, 0.15) is 17.1 Å². The molecule has 0 radical (unpaired) electrons. The summed E-state index contributed by atoms with van der Waals surface area (Å²) in [5.41, 5.74) is 5.80. The molecule has 1 amide bonds. The molecule has 1 N–H and O–H groups in total. The molecule has 1 fully saturated rings. The number of nitrogens with one attached hydrogen (secondary N) is 1. The van der Waals surface area contributed by atoms with E-state index in [1.54, 1.807) is 16.5 Å². The highest BCUT2D eigenvalue weighted by molar-refractivity contribution is 6.33. The summed E-state index contributed by atoms with van der Waals surface area (Å²) in [6.07, 6.45) is -1.13. The van der Waals surface area contributed by atoms with Crippen molar-refractivity contribution in [2.24, 2.45) is 0 Å². The summed E-state index contributed by atoms with van der Waals surface area (Å²) in [5.74, 6) is -0.166. The molecule has 0 bridgehead atoms. The molecule has 0 saturated carbocycles. The molecule has 0 spiro atoms. The molecule has 1 saturated heterocycles. The first-order chi connectivity index (χ1) is 18.6. The van der Waals surface area contributed by atoms with Crippen LogP contribution in [-0.2, 0) is 6.54 Å². The van der Waals surface area contributed by atoms with E-state index in [1.807, 2.05) is 50.4 Å². The number of aryl methyl sites for hydroxylation is 2. The summed E-state index contributed by atoms with van der Waals surface area (Å²) < 4.78 is 43.0. The maximum Gasteiger partial charge on any atom is 0.573 e. The van der Waals surface area contributed by atoms with Crippen LogP contribution in [0.5, 0.6) is 5.75 Å². The van der Waals surface area contributed by atoms with Gasteiger partial charge in [-0.15, -0.1) is 13.2 Å². The average Bonchev–Trinajstić information content (AvgIpc) is 3.22. The van der Waals surface area contributed by atoms with Gasteiger partial charge in [0.05, 0.1) is 16.4 Å². The molecule has 2 aromatic heterocycles. The highest BCUT2D eigenvalue weighted by Gasteiger charge is 2.31. The zero-order valence-electron chi connectivity index (χ0n) is 21.6. The number of pyridine rings is 1. The van der Waals surface area contributed by atoms with Crippen molar-refractivity contribution in [2.75, 3.05) is 18.0 Å². The van der Waals surface area contributed by atoms with Crippen molar-refractivity contribution in [3.8, 4) is 5.75 Å². The summed E-state index contributed by atoms with van der Waals surface area (Å²) in [6.45, 7) is 5.68. The third-order valence-corrected chi connectivity index (χ3v) is 7.36. The molecule has 4 aromatic rings. The third-order valence-electron chi connectivity index (χ3n) is 7.06. The van der Waals surface area contributed by atoms with Gasteiger partial charge in [0.25, 0.3) is 5.91 Å². The molecule has 2 aromatic carbocycles. The standard InChI is InChI=1S/C29H28ClF3N4O2/c1-18-9-14-37-26(15-18)35-19(2)27(37)28(38)34-17-20-3-8-25(24(30)16-20)36-12-10-22(11-13-36)21-4-6-23(7-5-21)39-29(31,32)33/h3-9,14-16,22H,10-13,17H2,1-2H3,(H,34,38). The van der Waals surface area contributed by atoms with Crippen molar-refractivity contribution in [2.45, 2.75) is 45.5 Å². The number of alkyl halides is 3. The first kappa shape index (κ1) is 26.9. The number of amides is 1. The summed E-state index contributed by atoms with van der Waals surface area (Å²) in [7, 11) is 0. The summed E-state index contributed by atoms with van der Waals surface area (Å²) in [4.78, 5) is 19.7. The number of carbonyl (C=O) groups is 1. The maximum atomic E-state index is 13.0. The number of ether oxygens (including phenoxy) is 1. The van der Waals surface area contributed by atoms with Crippen molar-refractivity contribution < 1.29 is 22.7 Å². The third kappa shape index (κ3) is 6.14. The fraction of sp³-hybridized carbons (Fsp3) is 0.310. The Labute approximate surface area is 229 Å². The Bertz CT molecular complexity index is 1490. The lowest BCUT2D eigenvalue weighted by molar-refractivity contribution is -0.274. The minimum absolute atomic E-state index is 0.205. The fourth-order valence-corrected chi connectivity index (χ4v) is 5.44. The smallest absolute Gasteiger partial charge is 0.406 e. The predicted molar refractivity (Wildman–Crippen MR) is 145 cm³/mol. The number of fused-ring (bicyclic) bond motifs is 1. The van der Waals surface area contributed by atoms with Crippen LogP contribution in [0.1, 0.15) is 51.6 Å². The van der Waals surface area contributed by atoms with Gasteiger partial charge in [0.15, 0.2) is 0 Å². The minimum atomic E-state index is -4.69. The van der Waals surface area contributed by atoms with Gasteiger partial charge in [-0.25, -0.2) is 4.98 Å². The zero-order chi connectivity index (χ0) is 27.7. The van der Waals surface area contributed by atoms with Crippen LogP contribution < -0.4 is 15.0 Å². The van der Waals surface area contributed by atoms with Gasteiger partial charge in [-0.1, -0.05) is 29.8 Å². The van der Waals surface area contributed by atoms with Gasteiger partial charge in [-0.05, 0) is 85.7 Å². The van der Waals surface area contributed by atoms with Crippen molar-refractivity contribution in [3.63, 3.8) is 0 Å². The van der Waals surface area contributed by atoms with E-state index >= 15 is 0 Å². The van der Waals surface area contributed by atoms with E-state index in [2.05, 4.69) is 19.9 Å². The number of piperidine rings is 1. The van der Waals surface area contributed by atoms with E-state index in [0.29, 0.717) is 23.0 Å². The number of halogens is 4. The van der Waals surface area contributed by atoms with Crippen LogP contribution in [0.2, 0.25) is 5.02 Å². The second-order valence-corrected chi connectivity index (χ2v) is 10.2. The van der Waals surface area contributed by atoms with Gasteiger partial charge in [-0.2, -0.15) is 0 Å². The molecule has 5 rings (SSSR count). The first-order valence-corrected chi connectivity index (χ1v) is 13.1. The second-order valence-electron chi connectivity index (χ2n) is 9.82. The molecule has 6 nitrogen and oxygen atoms in total. The molecule has 3 heterocycles. The predicted octanol–water partition coefficient (Wildman–Crippen LogP) is 6.82. The normalized spacial score (nSPS) is 14.6. The molecular weight excluding hydrogens is 529 g/mol. The van der Waals surface area contributed by atoms with E-state index in [4.69, 9.17) is 11.6 Å². The summed E-state index contributed by atoms with van der Waals surface area (Å²) in [5, 5.41) is 3.58. The SMILES string of the molecule is Cc1ccn2c(C(=O)NCc3ccc(N4CCC(c5ccc(OC(F)(F)F)cc5)CC4)c(Cl)c3)c(C)nc2c1. The summed E-state index contributed by atoms with van der Waals surface area (Å²) >= 11 is 6.65. The zero-order valence-corrected chi connectivity index (χ0v) is 22.3. The Hall–Kier alpha value is -3.72. The fourth-order valence-electron chi connectivity index (χ4n) is 5.12. The molecule has 1 aliphatic rings. The quantitative estimate of drug-likeness (QED) is 0.283. The molecule has 0 unspecified atom stereocenters. The number of rotatable bonds is 6. The Morgan fingerprint density at radius 3 is 2.46 bits per heavy atom.